The number of aliphatic carboxylic acids is 1. The van der Waals surface area contributed by atoms with Crippen molar-refractivity contribution < 1.29 is 23.5 Å². The van der Waals surface area contributed by atoms with Gasteiger partial charge in [-0.25, -0.2) is 0 Å². The summed E-state index contributed by atoms with van der Waals surface area (Å²) in [5, 5.41) is 8.42. The first-order valence-corrected chi connectivity index (χ1v) is 6.34. The van der Waals surface area contributed by atoms with Gasteiger partial charge >= 0.3 is 13.6 Å². The lowest BCUT2D eigenvalue weighted by Crippen LogP contribution is -2.22. The molecule has 0 aromatic carbocycles. The maximum absolute atomic E-state index is 11.8. The van der Waals surface area contributed by atoms with Crippen molar-refractivity contribution in [2.24, 2.45) is 5.73 Å². The Morgan fingerprint density at radius 2 is 2.20 bits per heavy atom. The van der Waals surface area contributed by atoms with Crippen molar-refractivity contribution in [2.75, 3.05) is 13.7 Å². The van der Waals surface area contributed by atoms with Crippen LogP contribution in [0.5, 0.6) is 0 Å². The summed E-state index contributed by atoms with van der Waals surface area (Å²) in [6, 6.07) is 0. The van der Waals surface area contributed by atoms with Gasteiger partial charge in [-0.3, -0.25) is 9.36 Å². The number of hydrogen-bond acceptors (Lipinski definition) is 5. The fourth-order valence-corrected chi connectivity index (χ4v) is 2.51. The van der Waals surface area contributed by atoms with Crippen LogP contribution in [0.1, 0.15) is 26.2 Å². The maximum Gasteiger partial charge on any atom is 0.346 e. The molecule has 0 aromatic rings. The summed E-state index contributed by atoms with van der Waals surface area (Å²) in [6.07, 6.45) is 0.665. The van der Waals surface area contributed by atoms with Crippen LogP contribution < -0.4 is 5.73 Å². The monoisotopic (exact) mass is 239 g/mol. The summed E-state index contributed by atoms with van der Waals surface area (Å²) in [5.41, 5.74) is 5.63. The van der Waals surface area contributed by atoms with Crippen LogP contribution in [0.15, 0.2) is 0 Å². The summed E-state index contributed by atoms with van der Waals surface area (Å²) in [6.45, 7) is 1.94. The molecule has 7 heteroatoms. The molecular formula is C8H18NO5P. The van der Waals surface area contributed by atoms with Crippen LogP contribution in [0.3, 0.4) is 0 Å². The molecule has 0 radical (unpaired) electrons. The van der Waals surface area contributed by atoms with Crippen LogP contribution in [-0.4, -0.2) is 30.6 Å². The molecule has 0 amide bonds. The first-order chi connectivity index (χ1) is 6.96. The van der Waals surface area contributed by atoms with Crippen molar-refractivity contribution in [1.82, 2.24) is 0 Å². The van der Waals surface area contributed by atoms with Gasteiger partial charge in [0.1, 0.15) is 5.78 Å². The fourth-order valence-electron chi connectivity index (χ4n) is 1.08. The second-order valence-electron chi connectivity index (χ2n) is 2.99. The average molecular weight is 239 g/mol. The predicted octanol–water partition coefficient (Wildman–Crippen LogP) is 1.40. The van der Waals surface area contributed by atoms with Crippen LogP contribution in [0.4, 0.5) is 0 Å². The van der Waals surface area contributed by atoms with Crippen LogP contribution >= 0.6 is 7.60 Å². The Hall–Kier alpha value is -0.420. The quantitative estimate of drug-likeness (QED) is 0.621. The summed E-state index contributed by atoms with van der Waals surface area (Å²) in [7, 11) is -2.00. The van der Waals surface area contributed by atoms with Gasteiger partial charge in [0.15, 0.2) is 0 Å². The van der Waals surface area contributed by atoms with Crippen molar-refractivity contribution in [3.8, 4) is 0 Å². The molecule has 0 rings (SSSR count). The second kappa shape index (κ2) is 6.95. The van der Waals surface area contributed by atoms with E-state index in [9.17, 15) is 9.36 Å². The largest absolute Gasteiger partial charge is 0.481 e. The maximum atomic E-state index is 11.8. The third kappa shape index (κ3) is 5.28. The highest BCUT2D eigenvalue weighted by molar-refractivity contribution is 7.54. The van der Waals surface area contributed by atoms with E-state index in [1.54, 1.807) is 6.92 Å². The van der Waals surface area contributed by atoms with Crippen molar-refractivity contribution in [1.29, 1.82) is 0 Å². The standard InChI is InChI=1S/C8H18NO5P/c1-3-14-15(12,13-2)7(9)5-4-6-8(10)11/h7H,3-6,9H2,1-2H3,(H,10,11). The molecule has 3 N–H and O–H groups in total. The Bertz CT molecular complexity index is 245. The van der Waals surface area contributed by atoms with Gasteiger partial charge < -0.3 is 19.9 Å². The highest BCUT2D eigenvalue weighted by Gasteiger charge is 2.31. The van der Waals surface area contributed by atoms with Crippen LogP contribution in [0, 0.1) is 0 Å². The highest BCUT2D eigenvalue weighted by Crippen LogP contribution is 2.51. The summed E-state index contributed by atoms with van der Waals surface area (Å²) in [4.78, 5) is 10.3. The lowest BCUT2D eigenvalue weighted by atomic mass is 10.2. The zero-order valence-corrected chi connectivity index (χ0v) is 9.90. The fraction of sp³-hybridized carbons (Fsp3) is 0.875. The third-order valence-corrected chi connectivity index (χ3v) is 4.06. The Morgan fingerprint density at radius 3 is 2.60 bits per heavy atom. The van der Waals surface area contributed by atoms with Crippen molar-refractivity contribution in [2.45, 2.75) is 32.0 Å². The summed E-state index contributed by atoms with van der Waals surface area (Å²) < 4.78 is 21.6. The minimum atomic E-state index is -3.27. The Balaban J connectivity index is 4.09. The molecule has 0 bridgehead atoms. The number of rotatable bonds is 8. The number of carboxylic acids is 1. The molecule has 0 saturated heterocycles. The van der Waals surface area contributed by atoms with Crippen LogP contribution in [-0.2, 0) is 18.4 Å². The third-order valence-electron chi connectivity index (χ3n) is 1.86. The number of carboxylic acid groups (broad SMARTS) is 1. The van der Waals surface area contributed by atoms with E-state index in [1.165, 1.54) is 7.11 Å². The number of hydrogen-bond donors (Lipinski definition) is 2. The van der Waals surface area contributed by atoms with E-state index in [1.807, 2.05) is 0 Å². The van der Waals surface area contributed by atoms with Gasteiger partial charge in [0, 0.05) is 13.5 Å². The van der Waals surface area contributed by atoms with E-state index in [0.717, 1.165) is 0 Å². The molecular weight excluding hydrogens is 221 g/mol. The molecule has 90 valence electrons. The lowest BCUT2D eigenvalue weighted by molar-refractivity contribution is -0.137. The van der Waals surface area contributed by atoms with E-state index >= 15 is 0 Å². The van der Waals surface area contributed by atoms with Gasteiger partial charge in [0.05, 0.1) is 6.61 Å². The highest BCUT2D eigenvalue weighted by atomic mass is 31.2. The van der Waals surface area contributed by atoms with Gasteiger partial charge in [-0.2, -0.15) is 0 Å². The minimum absolute atomic E-state index is 0.00351. The first-order valence-electron chi connectivity index (χ1n) is 4.73. The molecule has 0 fully saturated rings. The second-order valence-corrected chi connectivity index (χ2v) is 5.36. The van der Waals surface area contributed by atoms with Crippen LogP contribution in [0.25, 0.3) is 0 Å². The molecule has 2 atom stereocenters. The zero-order valence-electron chi connectivity index (χ0n) is 9.01. The van der Waals surface area contributed by atoms with Gasteiger partial charge in [-0.05, 0) is 19.8 Å². The normalized spacial score (nSPS) is 17.0. The van der Waals surface area contributed by atoms with Crippen molar-refractivity contribution in [3.63, 3.8) is 0 Å². The van der Waals surface area contributed by atoms with Gasteiger partial charge in [0.2, 0.25) is 0 Å². The molecule has 0 aliphatic carbocycles. The van der Waals surface area contributed by atoms with E-state index in [4.69, 9.17) is 19.9 Å². The molecule has 0 spiro atoms. The Morgan fingerprint density at radius 1 is 1.60 bits per heavy atom. The van der Waals surface area contributed by atoms with E-state index in [0.29, 0.717) is 12.8 Å². The molecule has 6 nitrogen and oxygen atoms in total. The molecule has 0 aliphatic heterocycles. The number of nitrogens with two attached hydrogens (primary N) is 1. The van der Waals surface area contributed by atoms with E-state index in [2.05, 4.69) is 0 Å². The van der Waals surface area contributed by atoms with Crippen molar-refractivity contribution in [3.05, 3.63) is 0 Å². The molecule has 0 saturated carbocycles. The van der Waals surface area contributed by atoms with Gasteiger partial charge in [-0.15, -0.1) is 0 Å². The smallest absolute Gasteiger partial charge is 0.346 e. The summed E-state index contributed by atoms with van der Waals surface area (Å²) >= 11 is 0. The SMILES string of the molecule is CCOP(=O)(OC)C(N)CCCC(=O)O. The lowest BCUT2D eigenvalue weighted by Gasteiger charge is -2.21. The molecule has 2 unspecified atom stereocenters. The number of carbonyl (C=O) groups is 1. The van der Waals surface area contributed by atoms with Crippen LogP contribution in [0.2, 0.25) is 0 Å². The van der Waals surface area contributed by atoms with E-state index < -0.39 is 19.3 Å². The molecule has 0 aliphatic rings. The average Bonchev–Trinajstić information content (AvgIpc) is 2.17. The van der Waals surface area contributed by atoms with E-state index in [-0.39, 0.29) is 13.0 Å². The first kappa shape index (κ1) is 14.6. The molecule has 15 heavy (non-hydrogen) atoms. The molecule has 0 aromatic heterocycles. The Labute approximate surface area is 89.3 Å². The molecule has 0 heterocycles. The topological polar surface area (TPSA) is 98.9 Å². The van der Waals surface area contributed by atoms with Gasteiger partial charge in [-0.1, -0.05) is 0 Å². The van der Waals surface area contributed by atoms with Gasteiger partial charge in [0.25, 0.3) is 0 Å². The predicted molar refractivity (Wildman–Crippen MR) is 55.7 cm³/mol. The zero-order chi connectivity index (χ0) is 11.9. The van der Waals surface area contributed by atoms with Crippen molar-refractivity contribution >= 4 is 13.6 Å². The minimum Gasteiger partial charge on any atom is -0.481 e. The Kier molecular flexibility index (Phi) is 6.76. The summed E-state index contributed by atoms with van der Waals surface area (Å²) in [5.74, 6) is -1.66.